The van der Waals surface area contributed by atoms with E-state index in [1.54, 1.807) is 23.9 Å². The van der Waals surface area contributed by atoms with Crippen LogP contribution in [-0.4, -0.2) is 15.0 Å². The van der Waals surface area contributed by atoms with Gasteiger partial charge in [0, 0.05) is 16.6 Å². The summed E-state index contributed by atoms with van der Waals surface area (Å²) in [6.45, 7) is 2.77. The van der Waals surface area contributed by atoms with Gasteiger partial charge in [0.15, 0.2) is 0 Å². The first-order valence-corrected chi connectivity index (χ1v) is 8.58. The van der Waals surface area contributed by atoms with E-state index in [2.05, 4.69) is 51.5 Å². The number of hydrogen-bond donors (Lipinski definition) is 1. The Hall–Kier alpha value is -2.79. The molecule has 0 fully saturated rings. The lowest BCUT2D eigenvalue weighted by Gasteiger charge is -2.08. The SMILES string of the molecule is Cc1sc2ncnc(NCc3ccccn3)c2c1-c1ccccc1. The van der Waals surface area contributed by atoms with E-state index < -0.39 is 0 Å². The molecule has 5 heteroatoms. The average molecular weight is 332 g/mol. The van der Waals surface area contributed by atoms with Crippen molar-refractivity contribution in [2.24, 2.45) is 0 Å². The summed E-state index contributed by atoms with van der Waals surface area (Å²) in [5.41, 5.74) is 3.38. The van der Waals surface area contributed by atoms with Crippen LogP contribution in [0.2, 0.25) is 0 Å². The Balaban J connectivity index is 1.79. The summed E-state index contributed by atoms with van der Waals surface area (Å²) in [5.74, 6) is 0.855. The van der Waals surface area contributed by atoms with Crippen molar-refractivity contribution in [3.63, 3.8) is 0 Å². The van der Waals surface area contributed by atoms with Crippen molar-refractivity contribution >= 4 is 27.4 Å². The van der Waals surface area contributed by atoms with Crippen molar-refractivity contribution < 1.29 is 0 Å². The number of pyridine rings is 1. The van der Waals surface area contributed by atoms with Crippen LogP contribution in [0.25, 0.3) is 21.3 Å². The molecule has 0 atom stereocenters. The van der Waals surface area contributed by atoms with Gasteiger partial charge in [0.05, 0.1) is 17.6 Å². The fraction of sp³-hybridized carbons (Fsp3) is 0.105. The smallest absolute Gasteiger partial charge is 0.139 e. The molecule has 0 saturated carbocycles. The highest BCUT2D eigenvalue weighted by molar-refractivity contribution is 7.19. The molecular formula is C19H16N4S. The summed E-state index contributed by atoms with van der Waals surface area (Å²) >= 11 is 1.70. The summed E-state index contributed by atoms with van der Waals surface area (Å²) in [6, 6.07) is 16.3. The fourth-order valence-electron chi connectivity index (χ4n) is 2.81. The zero-order chi connectivity index (χ0) is 16.4. The molecule has 0 aliphatic carbocycles. The van der Waals surface area contributed by atoms with E-state index >= 15 is 0 Å². The quantitative estimate of drug-likeness (QED) is 0.590. The summed E-state index contributed by atoms with van der Waals surface area (Å²) in [7, 11) is 0. The van der Waals surface area contributed by atoms with Gasteiger partial charge in [-0.1, -0.05) is 36.4 Å². The standard InChI is InChI=1S/C19H16N4S/c1-13-16(14-7-3-2-4-8-14)17-18(22-12-23-19(17)24-13)21-11-15-9-5-6-10-20-15/h2-10,12H,11H2,1H3,(H,21,22,23). The Morgan fingerprint density at radius 1 is 0.958 bits per heavy atom. The Bertz CT molecular complexity index is 965. The first kappa shape index (κ1) is 14.8. The molecule has 0 saturated heterocycles. The molecule has 4 aromatic rings. The Labute approximate surface area is 144 Å². The second-order valence-corrected chi connectivity index (χ2v) is 6.68. The van der Waals surface area contributed by atoms with Crippen LogP contribution in [-0.2, 0) is 6.54 Å². The van der Waals surface area contributed by atoms with Crippen LogP contribution in [0.3, 0.4) is 0 Å². The van der Waals surface area contributed by atoms with Gasteiger partial charge in [-0.15, -0.1) is 11.3 Å². The molecule has 0 bridgehead atoms. The number of thiophene rings is 1. The predicted octanol–water partition coefficient (Wildman–Crippen LogP) is 4.67. The third-order valence-corrected chi connectivity index (χ3v) is 4.90. The van der Waals surface area contributed by atoms with Gasteiger partial charge in [0.1, 0.15) is 17.0 Å². The van der Waals surface area contributed by atoms with E-state index in [1.807, 2.05) is 24.3 Å². The first-order valence-electron chi connectivity index (χ1n) is 7.76. The maximum absolute atomic E-state index is 4.48. The highest BCUT2D eigenvalue weighted by Crippen LogP contribution is 2.40. The highest BCUT2D eigenvalue weighted by atomic mass is 32.1. The van der Waals surface area contributed by atoms with Crippen LogP contribution in [0.4, 0.5) is 5.82 Å². The molecule has 3 aromatic heterocycles. The predicted molar refractivity (Wildman–Crippen MR) is 99.2 cm³/mol. The normalized spacial score (nSPS) is 10.9. The number of rotatable bonds is 4. The second-order valence-electron chi connectivity index (χ2n) is 5.48. The molecule has 1 N–H and O–H groups in total. The molecule has 0 unspecified atom stereocenters. The lowest BCUT2D eigenvalue weighted by molar-refractivity contribution is 1.03. The Morgan fingerprint density at radius 2 is 1.79 bits per heavy atom. The Kier molecular flexibility index (Phi) is 3.92. The molecule has 4 nitrogen and oxygen atoms in total. The van der Waals surface area contributed by atoms with Crippen LogP contribution in [0.15, 0.2) is 61.1 Å². The van der Waals surface area contributed by atoms with Gasteiger partial charge in [-0.3, -0.25) is 4.98 Å². The second kappa shape index (κ2) is 6.37. The number of benzene rings is 1. The number of hydrogen-bond acceptors (Lipinski definition) is 5. The number of nitrogens with one attached hydrogen (secondary N) is 1. The minimum Gasteiger partial charge on any atom is -0.364 e. The summed E-state index contributed by atoms with van der Waals surface area (Å²) in [6.07, 6.45) is 3.42. The van der Waals surface area contributed by atoms with E-state index in [4.69, 9.17) is 0 Å². The summed E-state index contributed by atoms with van der Waals surface area (Å²) in [4.78, 5) is 15.5. The monoisotopic (exact) mass is 332 g/mol. The van der Waals surface area contributed by atoms with Crippen LogP contribution in [0.1, 0.15) is 10.6 Å². The van der Waals surface area contributed by atoms with Gasteiger partial charge in [-0.25, -0.2) is 9.97 Å². The number of aryl methyl sites for hydroxylation is 1. The molecular weight excluding hydrogens is 316 g/mol. The zero-order valence-electron chi connectivity index (χ0n) is 13.2. The maximum Gasteiger partial charge on any atom is 0.139 e. The van der Waals surface area contributed by atoms with Gasteiger partial charge < -0.3 is 5.32 Å². The molecule has 0 aliphatic rings. The van der Waals surface area contributed by atoms with E-state index in [1.165, 1.54) is 16.0 Å². The van der Waals surface area contributed by atoms with Crippen LogP contribution in [0.5, 0.6) is 0 Å². The molecule has 0 amide bonds. The topological polar surface area (TPSA) is 50.7 Å². The van der Waals surface area contributed by atoms with Gasteiger partial charge in [0.25, 0.3) is 0 Å². The van der Waals surface area contributed by atoms with Crippen LogP contribution in [0, 0.1) is 6.92 Å². The first-order chi connectivity index (χ1) is 11.8. The number of nitrogens with zero attached hydrogens (tertiary/aromatic N) is 3. The number of fused-ring (bicyclic) bond motifs is 1. The van der Waals surface area contributed by atoms with E-state index in [0.29, 0.717) is 6.54 Å². The average Bonchev–Trinajstić information content (AvgIpc) is 2.98. The minimum atomic E-state index is 0.635. The molecule has 24 heavy (non-hydrogen) atoms. The van der Waals surface area contributed by atoms with Crippen molar-refractivity contribution in [2.75, 3.05) is 5.32 Å². The molecule has 4 rings (SSSR count). The number of anilines is 1. The lowest BCUT2D eigenvalue weighted by atomic mass is 10.0. The van der Waals surface area contributed by atoms with Crippen molar-refractivity contribution in [2.45, 2.75) is 13.5 Å². The van der Waals surface area contributed by atoms with Crippen molar-refractivity contribution in [3.05, 3.63) is 71.6 Å². The molecule has 0 spiro atoms. The van der Waals surface area contributed by atoms with Crippen molar-refractivity contribution in [3.8, 4) is 11.1 Å². The van der Waals surface area contributed by atoms with Gasteiger partial charge in [-0.05, 0) is 24.6 Å². The van der Waals surface area contributed by atoms with Crippen LogP contribution < -0.4 is 5.32 Å². The molecule has 3 heterocycles. The van der Waals surface area contributed by atoms with Gasteiger partial charge in [0.2, 0.25) is 0 Å². The summed E-state index contributed by atoms with van der Waals surface area (Å²) < 4.78 is 0. The minimum absolute atomic E-state index is 0.635. The van der Waals surface area contributed by atoms with Crippen molar-refractivity contribution in [1.82, 2.24) is 15.0 Å². The third-order valence-electron chi connectivity index (χ3n) is 3.89. The molecule has 1 aromatic carbocycles. The summed E-state index contributed by atoms with van der Waals surface area (Å²) in [5, 5.41) is 4.51. The number of aromatic nitrogens is 3. The highest BCUT2D eigenvalue weighted by Gasteiger charge is 2.16. The van der Waals surface area contributed by atoms with E-state index in [-0.39, 0.29) is 0 Å². The Morgan fingerprint density at radius 3 is 2.58 bits per heavy atom. The fourth-order valence-corrected chi connectivity index (χ4v) is 3.82. The maximum atomic E-state index is 4.48. The van der Waals surface area contributed by atoms with Crippen LogP contribution >= 0.6 is 11.3 Å². The van der Waals surface area contributed by atoms with E-state index in [9.17, 15) is 0 Å². The van der Waals surface area contributed by atoms with Gasteiger partial charge in [-0.2, -0.15) is 0 Å². The zero-order valence-corrected chi connectivity index (χ0v) is 14.0. The third kappa shape index (κ3) is 2.74. The molecule has 118 valence electrons. The van der Waals surface area contributed by atoms with Crippen molar-refractivity contribution in [1.29, 1.82) is 0 Å². The largest absolute Gasteiger partial charge is 0.364 e. The lowest BCUT2D eigenvalue weighted by Crippen LogP contribution is -2.03. The van der Waals surface area contributed by atoms with E-state index in [0.717, 1.165) is 21.7 Å². The molecule has 0 aliphatic heterocycles. The van der Waals surface area contributed by atoms with Gasteiger partial charge >= 0.3 is 0 Å². The molecule has 0 radical (unpaired) electrons.